The molecule has 0 amide bonds. The Labute approximate surface area is 100 Å². The van der Waals surface area contributed by atoms with E-state index in [2.05, 4.69) is 16.8 Å². The van der Waals surface area contributed by atoms with Crippen molar-refractivity contribution in [3.05, 3.63) is 18.2 Å². The van der Waals surface area contributed by atoms with Gasteiger partial charge in [-0.15, -0.1) is 0 Å². The molecule has 0 saturated carbocycles. The highest BCUT2D eigenvalue weighted by Gasteiger charge is 2.22. The van der Waals surface area contributed by atoms with Gasteiger partial charge in [-0.3, -0.25) is 0 Å². The van der Waals surface area contributed by atoms with Crippen molar-refractivity contribution in [3.63, 3.8) is 0 Å². The lowest BCUT2D eigenvalue weighted by atomic mass is 10.0. The molecule has 2 aromatic rings. The Hall–Kier alpha value is -1.71. The Kier molecular flexibility index (Phi) is 2.42. The highest BCUT2D eigenvalue weighted by molar-refractivity contribution is 5.78. The number of fused-ring (bicyclic) bond motifs is 1. The average Bonchev–Trinajstić information content (AvgIpc) is 2.72. The summed E-state index contributed by atoms with van der Waals surface area (Å²) >= 11 is 0. The van der Waals surface area contributed by atoms with Gasteiger partial charge in [0, 0.05) is 18.3 Å². The largest absolute Gasteiger partial charge is 0.423 e. The molecule has 17 heavy (non-hydrogen) atoms. The van der Waals surface area contributed by atoms with E-state index in [4.69, 9.17) is 10.2 Å². The van der Waals surface area contributed by atoms with E-state index in [1.807, 2.05) is 18.2 Å². The number of anilines is 2. The molecule has 1 atom stereocenters. The normalized spacial score (nSPS) is 21.0. The van der Waals surface area contributed by atoms with Crippen LogP contribution in [-0.2, 0) is 0 Å². The molecule has 1 aliphatic rings. The van der Waals surface area contributed by atoms with Gasteiger partial charge in [0.15, 0.2) is 5.58 Å². The second kappa shape index (κ2) is 3.95. The van der Waals surface area contributed by atoms with E-state index in [-0.39, 0.29) is 0 Å². The first-order valence-electron chi connectivity index (χ1n) is 6.17. The first-order valence-corrected chi connectivity index (χ1v) is 6.17. The molecule has 1 unspecified atom stereocenters. The van der Waals surface area contributed by atoms with Crippen molar-refractivity contribution in [1.82, 2.24) is 4.98 Å². The smallest absolute Gasteiger partial charge is 0.298 e. The maximum atomic E-state index is 5.79. The van der Waals surface area contributed by atoms with Crippen LogP contribution in [0.1, 0.15) is 26.2 Å². The Bertz CT molecular complexity index is 534. The van der Waals surface area contributed by atoms with E-state index < -0.39 is 0 Å². The maximum absolute atomic E-state index is 5.79. The summed E-state index contributed by atoms with van der Waals surface area (Å²) in [5.41, 5.74) is 8.13. The van der Waals surface area contributed by atoms with Gasteiger partial charge in [-0.2, -0.15) is 4.98 Å². The third-order valence-electron chi connectivity index (χ3n) is 3.45. The fourth-order valence-corrected chi connectivity index (χ4v) is 2.44. The summed E-state index contributed by atoms with van der Waals surface area (Å²) in [6.07, 6.45) is 3.72. The van der Waals surface area contributed by atoms with Gasteiger partial charge in [0.05, 0.1) is 0 Å². The zero-order valence-electron chi connectivity index (χ0n) is 10.0. The number of oxazole rings is 1. The number of nitrogens with zero attached hydrogens (tertiary/aromatic N) is 2. The van der Waals surface area contributed by atoms with Gasteiger partial charge in [0.1, 0.15) is 5.52 Å². The van der Waals surface area contributed by atoms with Crippen LogP contribution in [0.2, 0.25) is 0 Å². The van der Waals surface area contributed by atoms with Crippen LogP contribution in [0.15, 0.2) is 22.6 Å². The molecule has 1 saturated heterocycles. The number of piperidine rings is 1. The minimum absolute atomic E-state index is 0.508. The first kappa shape index (κ1) is 10.4. The Balaban J connectivity index is 1.99. The van der Waals surface area contributed by atoms with E-state index in [1.54, 1.807) is 0 Å². The molecule has 1 aromatic carbocycles. The standard InChI is InChI=1S/C13H17N3O/c1-9-4-2-3-7-16(9)13-15-11-8-10(14)5-6-12(11)17-13/h5-6,8-9H,2-4,7,14H2,1H3. The van der Waals surface area contributed by atoms with Crippen molar-refractivity contribution in [1.29, 1.82) is 0 Å². The maximum Gasteiger partial charge on any atom is 0.298 e. The summed E-state index contributed by atoms with van der Waals surface area (Å²) in [7, 11) is 0. The fraction of sp³-hybridized carbons (Fsp3) is 0.462. The summed E-state index contributed by atoms with van der Waals surface area (Å²) in [5, 5.41) is 0. The molecular weight excluding hydrogens is 214 g/mol. The van der Waals surface area contributed by atoms with Crippen molar-refractivity contribution in [2.24, 2.45) is 0 Å². The third kappa shape index (κ3) is 1.84. The van der Waals surface area contributed by atoms with Gasteiger partial charge < -0.3 is 15.1 Å². The van der Waals surface area contributed by atoms with Gasteiger partial charge in [-0.1, -0.05) is 0 Å². The van der Waals surface area contributed by atoms with E-state index in [1.165, 1.54) is 19.3 Å². The second-order valence-corrected chi connectivity index (χ2v) is 4.76. The molecule has 2 N–H and O–H groups in total. The molecule has 0 aliphatic carbocycles. The van der Waals surface area contributed by atoms with Crippen molar-refractivity contribution in [2.75, 3.05) is 17.2 Å². The summed E-state index contributed by atoms with van der Waals surface area (Å²) in [6, 6.07) is 6.83. The molecule has 4 heteroatoms. The summed E-state index contributed by atoms with van der Waals surface area (Å²) < 4.78 is 5.79. The van der Waals surface area contributed by atoms with Crippen LogP contribution in [0.5, 0.6) is 0 Å². The number of nitrogens with two attached hydrogens (primary N) is 1. The second-order valence-electron chi connectivity index (χ2n) is 4.76. The number of rotatable bonds is 1. The lowest BCUT2D eigenvalue weighted by Crippen LogP contribution is -2.37. The Morgan fingerprint density at radius 1 is 1.41 bits per heavy atom. The predicted molar refractivity (Wildman–Crippen MR) is 69.1 cm³/mol. The van der Waals surface area contributed by atoms with Gasteiger partial charge >= 0.3 is 0 Å². The van der Waals surface area contributed by atoms with Crippen molar-refractivity contribution < 1.29 is 4.42 Å². The third-order valence-corrected chi connectivity index (χ3v) is 3.45. The van der Waals surface area contributed by atoms with E-state index in [0.29, 0.717) is 6.04 Å². The molecule has 1 fully saturated rings. The van der Waals surface area contributed by atoms with Crippen LogP contribution >= 0.6 is 0 Å². The van der Waals surface area contributed by atoms with E-state index in [0.717, 1.165) is 29.3 Å². The Morgan fingerprint density at radius 2 is 2.29 bits per heavy atom. The lowest BCUT2D eigenvalue weighted by Gasteiger charge is -2.31. The van der Waals surface area contributed by atoms with Gasteiger partial charge in [-0.05, 0) is 44.4 Å². The van der Waals surface area contributed by atoms with E-state index >= 15 is 0 Å². The van der Waals surface area contributed by atoms with Crippen LogP contribution < -0.4 is 10.6 Å². The average molecular weight is 231 g/mol. The fourth-order valence-electron chi connectivity index (χ4n) is 2.44. The predicted octanol–water partition coefficient (Wildman–Crippen LogP) is 2.79. The Morgan fingerprint density at radius 3 is 3.12 bits per heavy atom. The summed E-state index contributed by atoms with van der Waals surface area (Å²) in [5.74, 6) is 0. The number of aromatic nitrogens is 1. The SMILES string of the molecule is CC1CCCCN1c1nc2cc(N)ccc2o1. The van der Waals surface area contributed by atoms with Crippen molar-refractivity contribution in [2.45, 2.75) is 32.2 Å². The van der Waals surface area contributed by atoms with E-state index in [9.17, 15) is 0 Å². The van der Waals surface area contributed by atoms with Gasteiger partial charge in [0.2, 0.25) is 0 Å². The molecule has 1 aliphatic heterocycles. The molecule has 0 bridgehead atoms. The van der Waals surface area contributed by atoms with Crippen molar-refractivity contribution in [3.8, 4) is 0 Å². The number of hydrogen-bond acceptors (Lipinski definition) is 4. The first-order chi connectivity index (χ1) is 8.24. The van der Waals surface area contributed by atoms with Crippen molar-refractivity contribution >= 4 is 22.8 Å². The van der Waals surface area contributed by atoms with Gasteiger partial charge in [-0.25, -0.2) is 0 Å². The van der Waals surface area contributed by atoms with Crippen LogP contribution in [-0.4, -0.2) is 17.6 Å². The summed E-state index contributed by atoms with van der Waals surface area (Å²) in [6.45, 7) is 3.26. The molecular formula is C13H17N3O. The molecule has 2 heterocycles. The lowest BCUT2D eigenvalue weighted by molar-refractivity contribution is 0.443. The molecule has 1 aromatic heterocycles. The van der Waals surface area contributed by atoms with Crippen LogP contribution in [0.25, 0.3) is 11.1 Å². The van der Waals surface area contributed by atoms with Crippen LogP contribution in [0.4, 0.5) is 11.7 Å². The zero-order valence-corrected chi connectivity index (χ0v) is 10.0. The molecule has 0 radical (unpaired) electrons. The monoisotopic (exact) mass is 231 g/mol. The zero-order chi connectivity index (χ0) is 11.8. The number of benzene rings is 1. The molecule has 0 spiro atoms. The van der Waals surface area contributed by atoms with Gasteiger partial charge in [0.25, 0.3) is 6.01 Å². The quantitative estimate of drug-likeness (QED) is 0.767. The highest BCUT2D eigenvalue weighted by atomic mass is 16.4. The topological polar surface area (TPSA) is 55.3 Å². The molecule has 3 rings (SSSR count). The summed E-state index contributed by atoms with van der Waals surface area (Å²) in [4.78, 5) is 6.78. The number of hydrogen-bond donors (Lipinski definition) is 1. The molecule has 90 valence electrons. The van der Waals surface area contributed by atoms with Crippen LogP contribution in [0, 0.1) is 0 Å². The minimum Gasteiger partial charge on any atom is -0.423 e. The molecule has 4 nitrogen and oxygen atoms in total. The minimum atomic E-state index is 0.508. The number of nitrogen functional groups attached to an aromatic ring is 1. The highest BCUT2D eigenvalue weighted by Crippen LogP contribution is 2.28. The van der Waals surface area contributed by atoms with Crippen LogP contribution in [0.3, 0.4) is 0 Å².